The third-order valence-electron chi connectivity index (χ3n) is 5.03. The third kappa shape index (κ3) is 4.10. The van der Waals surface area contributed by atoms with Crippen molar-refractivity contribution in [2.75, 3.05) is 11.9 Å². The lowest BCUT2D eigenvalue weighted by atomic mass is 9.87. The summed E-state index contributed by atoms with van der Waals surface area (Å²) in [6.07, 6.45) is 6.23. The molecule has 5 nitrogen and oxygen atoms in total. The van der Waals surface area contributed by atoms with Crippen LogP contribution in [0.2, 0.25) is 0 Å². The van der Waals surface area contributed by atoms with Crippen LogP contribution in [0.5, 0.6) is 0 Å². The second-order valence-electron chi connectivity index (χ2n) is 6.94. The number of aryl methyl sites for hydroxylation is 1. The number of nitrogens with one attached hydrogen (secondary N) is 1. The highest BCUT2D eigenvalue weighted by Crippen LogP contribution is 2.34. The molecule has 0 spiro atoms. The van der Waals surface area contributed by atoms with Gasteiger partial charge in [0, 0.05) is 12.7 Å². The van der Waals surface area contributed by atoms with Crippen molar-refractivity contribution in [1.29, 1.82) is 0 Å². The predicted molar refractivity (Wildman–Crippen MR) is 102 cm³/mol. The molecule has 1 fully saturated rings. The minimum absolute atomic E-state index is 0.0483. The maximum Gasteiger partial charge on any atom is 0.313 e. The molecular formula is C21H25N3O2. The molecule has 0 bridgehead atoms. The molecule has 1 aliphatic rings. The molecule has 3 rings (SSSR count). The van der Waals surface area contributed by atoms with Gasteiger partial charge in [-0.3, -0.25) is 14.6 Å². The number of aromatic nitrogens is 1. The molecule has 2 aromatic rings. The predicted octanol–water partition coefficient (Wildman–Crippen LogP) is 3.72. The Bertz CT molecular complexity index is 776. The second kappa shape index (κ2) is 8.13. The number of hydrogen-bond donors (Lipinski definition) is 1. The van der Waals surface area contributed by atoms with Gasteiger partial charge >= 0.3 is 11.8 Å². The summed E-state index contributed by atoms with van der Waals surface area (Å²) in [5.41, 5.74) is 2.56. The lowest BCUT2D eigenvalue weighted by Crippen LogP contribution is -2.46. The SMILES string of the molecule is CC[C@H]1CC[C@H](c2ccccc2)N(C(=O)C(=O)Nc2cncc(C)c2)C1. The highest BCUT2D eigenvalue weighted by molar-refractivity contribution is 6.39. The van der Waals surface area contributed by atoms with Crippen LogP contribution in [0.25, 0.3) is 0 Å². The van der Waals surface area contributed by atoms with E-state index in [4.69, 9.17) is 0 Å². The molecule has 0 radical (unpaired) electrons. The largest absolute Gasteiger partial charge is 0.327 e. The van der Waals surface area contributed by atoms with Gasteiger partial charge in [-0.1, -0.05) is 43.7 Å². The number of rotatable bonds is 3. The molecule has 2 heterocycles. The zero-order valence-corrected chi connectivity index (χ0v) is 15.3. The Morgan fingerprint density at radius 3 is 2.65 bits per heavy atom. The summed E-state index contributed by atoms with van der Waals surface area (Å²) in [4.78, 5) is 31.3. The maximum absolute atomic E-state index is 12.9. The normalized spacial score (nSPS) is 19.8. The van der Waals surface area contributed by atoms with Gasteiger partial charge in [-0.05, 0) is 42.9 Å². The summed E-state index contributed by atoms with van der Waals surface area (Å²) in [6.45, 7) is 4.65. The Hall–Kier alpha value is -2.69. The van der Waals surface area contributed by atoms with Crippen molar-refractivity contribution in [1.82, 2.24) is 9.88 Å². The van der Waals surface area contributed by atoms with Crippen LogP contribution in [0.15, 0.2) is 48.8 Å². The van der Waals surface area contributed by atoms with Gasteiger partial charge in [-0.25, -0.2) is 0 Å². The fraction of sp³-hybridized carbons (Fsp3) is 0.381. The maximum atomic E-state index is 12.9. The summed E-state index contributed by atoms with van der Waals surface area (Å²) in [5.74, 6) is -0.638. The van der Waals surface area contributed by atoms with E-state index in [2.05, 4.69) is 17.2 Å². The summed E-state index contributed by atoms with van der Waals surface area (Å²) >= 11 is 0. The fourth-order valence-corrected chi connectivity index (χ4v) is 3.56. The van der Waals surface area contributed by atoms with E-state index in [1.807, 2.05) is 37.3 Å². The van der Waals surface area contributed by atoms with Crippen molar-refractivity contribution in [3.8, 4) is 0 Å². The molecule has 2 atom stereocenters. The van der Waals surface area contributed by atoms with E-state index in [0.717, 1.165) is 30.4 Å². The molecule has 1 aromatic heterocycles. The number of likely N-dealkylation sites (tertiary alicyclic amines) is 1. The van der Waals surface area contributed by atoms with E-state index in [1.165, 1.54) is 0 Å². The standard InChI is InChI=1S/C21H25N3O2/c1-3-16-9-10-19(17-7-5-4-6-8-17)24(14-16)21(26)20(25)23-18-11-15(2)12-22-13-18/h4-8,11-13,16,19H,3,9-10,14H2,1-2H3,(H,23,25)/t16-,19+/m0/s1. The summed E-state index contributed by atoms with van der Waals surface area (Å²) in [6, 6.07) is 11.7. The average molecular weight is 351 g/mol. The minimum Gasteiger partial charge on any atom is -0.327 e. The molecule has 0 unspecified atom stereocenters. The van der Waals surface area contributed by atoms with Gasteiger partial charge in [-0.2, -0.15) is 0 Å². The van der Waals surface area contributed by atoms with Crippen LogP contribution in [0.4, 0.5) is 5.69 Å². The summed E-state index contributed by atoms with van der Waals surface area (Å²) < 4.78 is 0. The smallest absolute Gasteiger partial charge is 0.313 e. The topological polar surface area (TPSA) is 62.3 Å². The first kappa shape index (κ1) is 18.1. The molecule has 5 heteroatoms. The zero-order chi connectivity index (χ0) is 18.5. The number of piperidine rings is 1. The lowest BCUT2D eigenvalue weighted by molar-refractivity contribution is -0.146. The van der Waals surface area contributed by atoms with E-state index in [0.29, 0.717) is 18.2 Å². The van der Waals surface area contributed by atoms with Gasteiger partial charge in [0.15, 0.2) is 0 Å². The van der Waals surface area contributed by atoms with E-state index in [1.54, 1.807) is 23.4 Å². The molecule has 136 valence electrons. The first-order valence-electron chi connectivity index (χ1n) is 9.17. The summed E-state index contributed by atoms with van der Waals surface area (Å²) in [5, 5.41) is 2.69. The number of anilines is 1. The highest BCUT2D eigenvalue weighted by Gasteiger charge is 2.34. The fourth-order valence-electron chi connectivity index (χ4n) is 3.56. The average Bonchev–Trinajstić information content (AvgIpc) is 2.67. The highest BCUT2D eigenvalue weighted by atomic mass is 16.2. The Morgan fingerprint density at radius 1 is 1.19 bits per heavy atom. The molecule has 1 N–H and O–H groups in total. The van der Waals surface area contributed by atoms with Crippen LogP contribution in [0, 0.1) is 12.8 Å². The van der Waals surface area contributed by atoms with Crippen molar-refractivity contribution >= 4 is 17.5 Å². The van der Waals surface area contributed by atoms with Gasteiger partial charge in [0.05, 0.1) is 17.9 Å². The number of nitrogens with zero attached hydrogens (tertiary/aromatic N) is 2. The van der Waals surface area contributed by atoms with Gasteiger partial charge < -0.3 is 10.2 Å². The second-order valence-corrected chi connectivity index (χ2v) is 6.94. The summed E-state index contributed by atoms with van der Waals surface area (Å²) in [7, 11) is 0. The first-order chi connectivity index (χ1) is 12.6. The van der Waals surface area contributed by atoms with Crippen molar-refractivity contribution in [2.24, 2.45) is 5.92 Å². The first-order valence-corrected chi connectivity index (χ1v) is 9.17. The van der Waals surface area contributed by atoms with E-state index in [-0.39, 0.29) is 6.04 Å². The Labute approximate surface area is 154 Å². The molecule has 1 aliphatic heterocycles. The number of carbonyl (C=O) groups is 2. The number of amides is 2. The quantitative estimate of drug-likeness (QED) is 0.857. The van der Waals surface area contributed by atoms with Crippen LogP contribution in [-0.4, -0.2) is 28.2 Å². The van der Waals surface area contributed by atoms with Crippen molar-refractivity contribution in [2.45, 2.75) is 39.2 Å². The van der Waals surface area contributed by atoms with Crippen molar-refractivity contribution < 1.29 is 9.59 Å². The number of hydrogen-bond acceptors (Lipinski definition) is 3. The van der Waals surface area contributed by atoms with E-state index < -0.39 is 11.8 Å². The Kier molecular flexibility index (Phi) is 5.66. The molecule has 1 aromatic carbocycles. The van der Waals surface area contributed by atoms with E-state index >= 15 is 0 Å². The van der Waals surface area contributed by atoms with Crippen LogP contribution in [0.3, 0.4) is 0 Å². The number of benzene rings is 1. The molecule has 26 heavy (non-hydrogen) atoms. The zero-order valence-electron chi connectivity index (χ0n) is 15.3. The van der Waals surface area contributed by atoms with Gasteiger partial charge in [0.25, 0.3) is 0 Å². The van der Waals surface area contributed by atoms with Crippen LogP contribution >= 0.6 is 0 Å². The van der Waals surface area contributed by atoms with Crippen molar-refractivity contribution in [3.63, 3.8) is 0 Å². The molecule has 0 aliphatic carbocycles. The lowest BCUT2D eigenvalue weighted by Gasteiger charge is -2.39. The van der Waals surface area contributed by atoms with Gasteiger partial charge in [0.2, 0.25) is 0 Å². The molecular weight excluding hydrogens is 326 g/mol. The molecule has 0 saturated carbocycles. The van der Waals surface area contributed by atoms with Gasteiger partial charge in [0.1, 0.15) is 0 Å². The van der Waals surface area contributed by atoms with Crippen molar-refractivity contribution in [3.05, 3.63) is 59.9 Å². The minimum atomic E-state index is -0.602. The van der Waals surface area contributed by atoms with E-state index in [9.17, 15) is 9.59 Å². The third-order valence-corrected chi connectivity index (χ3v) is 5.03. The van der Waals surface area contributed by atoms with Crippen LogP contribution in [-0.2, 0) is 9.59 Å². The van der Waals surface area contributed by atoms with Crippen LogP contribution in [0.1, 0.15) is 43.4 Å². The molecule has 2 amide bonds. The van der Waals surface area contributed by atoms with Gasteiger partial charge in [-0.15, -0.1) is 0 Å². The monoisotopic (exact) mass is 351 g/mol. The molecule has 1 saturated heterocycles. The number of pyridine rings is 1. The Balaban J connectivity index is 1.79. The number of carbonyl (C=O) groups excluding carboxylic acids is 2. The van der Waals surface area contributed by atoms with Crippen LogP contribution < -0.4 is 5.32 Å². The Morgan fingerprint density at radius 2 is 1.96 bits per heavy atom.